The molecule has 4 amide bonds. The van der Waals surface area contributed by atoms with E-state index in [1.54, 1.807) is 33.4 Å². The Labute approximate surface area is 184 Å². The van der Waals surface area contributed by atoms with E-state index in [-0.39, 0.29) is 55.5 Å². The molecule has 2 heterocycles. The predicted molar refractivity (Wildman–Crippen MR) is 113 cm³/mol. The standard InChI is InChI=1S/C21H36N4O6/c1-16(2)18(26)13-30-14-19(27)22-5-9-24(10-6-22)21(29)25-11-7-23(8-12-25)20(28)15-31-17(3)4/h16-17H,5-15H2,1-4H3. The van der Waals surface area contributed by atoms with Crippen molar-refractivity contribution < 1.29 is 28.7 Å². The highest BCUT2D eigenvalue weighted by Crippen LogP contribution is 2.10. The van der Waals surface area contributed by atoms with Gasteiger partial charge in [0.2, 0.25) is 11.8 Å². The van der Waals surface area contributed by atoms with Gasteiger partial charge in [-0.25, -0.2) is 4.79 Å². The SMILES string of the molecule is CC(C)OCC(=O)N1CCN(C(=O)N2CCN(C(=O)COCC(=O)C(C)C)CC2)CC1. The second-order valence-corrected chi connectivity index (χ2v) is 8.49. The van der Waals surface area contributed by atoms with Gasteiger partial charge in [0.05, 0.1) is 6.10 Å². The minimum atomic E-state index is -0.167. The Morgan fingerprint density at radius 3 is 1.48 bits per heavy atom. The number of carbonyl (C=O) groups is 4. The summed E-state index contributed by atoms with van der Waals surface area (Å²) in [6.45, 7) is 11.0. The number of hydrogen-bond donors (Lipinski definition) is 0. The number of ether oxygens (including phenoxy) is 2. The van der Waals surface area contributed by atoms with Gasteiger partial charge in [0.15, 0.2) is 5.78 Å². The van der Waals surface area contributed by atoms with Crippen LogP contribution in [0.25, 0.3) is 0 Å². The van der Waals surface area contributed by atoms with Gasteiger partial charge in [-0.05, 0) is 13.8 Å². The van der Waals surface area contributed by atoms with Crippen LogP contribution in [-0.2, 0) is 23.9 Å². The molecule has 0 bridgehead atoms. The summed E-state index contributed by atoms with van der Waals surface area (Å²) in [6.07, 6.45) is 0.00598. The molecule has 2 aliphatic rings. The first kappa shape index (κ1) is 25.1. The molecule has 0 aromatic carbocycles. The number of piperazine rings is 2. The number of Topliss-reactive ketones (excluding diaryl/α,β-unsaturated/α-hetero) is 1. The Hall–Kier alpha value is -2.20. The van der Waals surface area contributed by atoms with E-state index in [0.717, 1.165) is 0 Å². The Morgan fingerprint density at radius 1 is 0.645 bits per heavy atom. The molecule has 2 aliphatic heterocycles. The van der Waals surface area contributed by atoms with E-state index in [2.05, 4.69) is 0 Å². The molecule has 2 saturated heterocycles. The molecule has 2 rings (SSSR count). The van der Waals surface area contributed by atoms with Crippen molar-refractivity contribution in [2.45, 2.75) is 33.8 Å². The highest BCUT2D eigenvalue weighted by molar-refractivity contribution is 5.82. The molecular weight excluding hydrogens is 404 g/mol. The van der Waals surface area contributed by atoms with Gasteiger partial charge in [-0.15, -0.1) is 0 Å². The average molecular weight is 441 g/mol. The fourth-order valence-corrected chi connectivity index (χ4v) is 3.32. The van der Waals surface area contributed by atoms with Crippen molar-refractivity contribution in [3.05, 3.63) is 0 Å². The number of ketones is 1. The molecule has 10 heteroatoms. The van der Waals surface area contributed by atoms with Crippen LogP contribution < -0.4 is 0 Å². The number of urea groups is 1. The van der Waals surface area contributed by atoms with E-state index in [1.807, 2.05) is 13.8 Å². The quantitative estimate of drug-likeness (QED) is 0.529. The zero-order valence-electron chi connectivity index (χ0n) is 19.2. The van der Waals surface area contributed by atoms with Crippen molar-refractivity contribution in [3.8, 4) is 0 Å². The van der Waals surface area contributed by atoms with Crippen LogP contribution in [0.15, 0.2) is 0 Å². The lowest BCUT2D eigenvalue weighted by molar-refractivity contribution is -0.139. The monoisotopic (exact) mass is 440 g/mol. The molecule has 0 N–H and O–H groups in total. The Bertz CT molecular complexity index is 638. The molecule has 0 saturated carbocycles. The Morgan fingerprint density at radius 2 is 1.06 bits per heavy atom. The summed E-state index contributed by atoms with van der Waals surface area (Å²) in [5.41, 5.74) is 0. The number of hydrogen-bond acceptors (Lipinski definition) is 6. The first-order valence-corrected chi connectivity index (χ1v) is 11.0. The minimum absolute atomic E-state index is 0.00598. The van der Waals surface area contributed by atoms with Gasteiger partial charge >= 0.3 is 6.03 Å². The smallest absolute Gasteiger partial charge is 0.320 e. The molecule has 31 heavy (non-hydrogen) atoms. The number of nitrogens with zero attached hydrogens (tertiary/aromatic N) is 4. The summed E-state index contributed by atoms with van der Waals surface area (Å²) in [4.78, 5) is 55.6. The van der Waals surface area contributed by atoms with E-state index in [0.29, 0.717) is 52.4 Å². The maximum absolute atomic E-state index is 12.8. The molecule has 0 atom stereocenters. The van der Waals surface area contributed by atoms with Crippen LogP contribution in [0.1, 0.15) is 27.7 Å². The van der Waals surface area contributed by atoms with Crippen molar-refractivity contribution >= 4 is 23.6 Å². The van der Waals surface area contributed by atoms with E-state index < -0.39 is 0 Å². The van der Waals surface area contributed by atoms with Gasteiger partial charge in [-0.1, -0.05) is 13.8 Å². The predicted octanol–water partition coefficient (Wildman–Crippen LogP) is 0.0615. The highest BCUT2D eigenvalue weighted by Gasteiger charge is 2.30. The summed E-state index contributed by atoms with van der Waals surface area (Å²) < 4.78 is 10.6. The van der Waals surface area contributed by atoms with Gasteiger partial charge in [-0.3, -0.25) is 14.4 Å². The Kier molecular flexibility index (Phi) is 9.70. The van der Waals surface area contributed by atoms with Crippen LogP contribution >= 0.6 is 0 Å². The van der Waals surface area contributed by atoms with Gasteiger partial charge in [0.25, 0.3) is 0 Å². The zero-order chi connectivity index (χ0) is 23.0. The number of carbonyl (C=O) groups excluding carboxylic acids is 4. The van der Waals surface area contributed by atoms with Crippen LogP contribution in [0.3, 0.4) is 0 Å². The normalized spacial score (nSPS) is 17.5. The molecule has 0 aromatic rings. The van der Waals surface area contributed by atoms with Crippen molar-refractivity contribution in [3.63, 3.8) is 0 Å². The summed E-state index contributed by atoms with van der Waals surface area (Å²) in [6, 6.07) is -0.0589. The van der Waals surface area contributed by atoms with E-state index >= 15 is 0 Å². The topological polar surface area (TPSA) is 99.7 Å². The fourth-order valence-electron chi connectivity index (χ4n) is 3.32. The lowest BCUT2D eigenvalue weighted by Gasteiger charge is -2.40. The molecule has 0 aromatic heterocycles. The molecular formula is C21H36N4O6. The van der Waals surface area contributed by atoms with Gasteiger partial charge in [0, 0.05) is 58.3 Å². The third-order valence-corrected chi connectivity index (χ3v) is 5.46. The first-order chi connectivity index (χ1) is 14.7. The third-order valence-electron chi connectivity index (χ3n) is 5.46. The third kappa shape index (κ3) is 7.77. The lowest BCUT2D eigenvalue weighted by Crippen LogP contribution is -2.58. The second-order valence-electron chi connectivity index (χ2n) is 8.49. The van der Waals surface area contributed by atoms with Crippen LogP contribution in [-0.4, -0.2) is 122 Å². The van der Waals surface area contributed by atoms with E-state index in [4.69, 9.17) is 9.47 Å². The molecule has 0 unspecified atom stereocenters. The molecule has 0 radical (unpaired) electrons. The van der Waals surface area contributed by atoms with Crippen molar-refractivity contribution in [2.75, 3.05) is 72.2 Å². The maximum Gasteiger partial charge on any atom is 0.320 e. The highest BCUT2D eigenvalue weighted by atomic mass is 16.5. The van der Waals surface area contributed by atoms with E-state index in [9.17, 15) is 19.2 Å². The number of amides is 4. The molecule has 2 fully saturated rings. The first-order valence-electron chi connectivity index (χ1n) is 11.0. The summed E-state index contributed by atoms with van der Waals surface area (Å²) in [5, 5.41) is 0. The lowest BCUT2D eigenvalue weighted by atomic mass is 10.1. The molecule has 0 spiro atoms. The molecule has 176 valence electrons. The van der Waals surface area contributed by atoms with Crippen molar-refractivity contribution in [1.29, 1.82) is 0 Å². The Balaban J connectivity index is 1.68. The van der Waals surface area contributed by atoms with Crippen LogP contribution in [0.4, 0.5) is 4.79 Å². The molecule has 0 aliphatic carbocycles. The van der Waals surface area contributed by atoms with Crippen LogP contribution in [0.5, 0.6) is 0 Å². The van der Waals surface area contributed by atoms with Crippen molar-refractivity contribution in [2.24, 2.45) is 5.92 Å². The van der Waals surface area contributed by atoms with Crippen molar-refractivity contribution in [1.82, 2.24) is 19.6 Å². The summed E-state index contributed by atoms with van der Waals surface area (Å²) >= 11 is 0. The summed E-state index contributed by atoms with van der Waals surface area (Å²) in [7, 11) is 0. The largest absolute Gasteiger partial charge is 0.369 e. The van der Waals surface area contributed by atoms with E-state index in [1.165, 1.54) is 0 Å². The van der Waals surface area contributed by atoms with Gasteiger partial charge in [0.1, 0.15) is 19.8 Å². The fraction of sp³-hybridized carbons (Fsp3) is 0.810. The van der Waals surface area contributed by atoms with Crippen LogP contribution in [0, 0.1) is 5.92 Å². The number of rotatable bonds is 8. The molecule has 10 nitrogen and oxygen atoms in total. The van der Waals surface area contributed by atoms with Crippen LogP contribution in [0.2, 0.25) is 0 Å². The maximum atomic E-state index is 12.8. The van der Waals surface area contributed by atoms with Gasteiger partial charge < -0.3 is 29.1 Å². The van der Waals surface area contributed by atoms with Gasteiger partial charge in [-0.2, -0.15) is 0 Å². The summed E-state index contributed by atoms with van der Waals surface area (Å²) in [5.74, 6) is -0.361. The zero-order valence-corrected chi connectivity index (χ0v) is 19.2. The average Bonchev–Trinajstić information content (AvgIpc) is 2.76. The minimum Gasteiger partial charge on any atom is -0.369 e. The second kappa shape index (κ2) is 12.0.